The lowest BCUT2D eigenvalue weighted by Crippen LogP contribution is -2.43. The second-order valence-corrected chi connectivity index (χ2v) is 6.95. The van der Waals surface area contributed by atoms with Crippen LogP contribution in [-0.4, -0.2) is 50.3 Å². The van der Waals surface area contributed by atoms with Crippen LogP contribution >= 0.6 is 0 Å². The lowest BCUT2D eigenvalue weighted by molar-refractivity contribution is 0.168. The van der Waals surface area contributed by atoms with Crippen LogP contribution in [0.4, 0.5) is 0 Å². The van der Waals surface area contributed by atoms with Gasteiger partial charge in [-0.3, -0.25) is 4.90 Å². The Balaban J connectivity index is 1.84. The number of nitrogens with one attached hydrogen (secondary N) is 1. The molecule has 1 N–H and O–H groups in total. The van der Waals surface area contributed by atoms with E-state index in [-0.39, 0.29) is 0 Å². The van der Waals surface area contributed by atoms with Crippen molar-refractivity contribution >= 4 is 0 Å². The summed E-state index contributed by atoms with van der Waals surface area (Å²) in [5, 5.41) is 3.55. The van der Waals surface area contributed by atoms with Crippen LogP contribution in [0.2, 0.25) is 0 Å². The molecule has 1 fully saturated rings. The lowest BCUT2D eigenvalue weighted by Gasteiger charge is -2.34. The van der Waals surface area contributed by atoms with E-state index < -0.39 is 0 Å². The van der Waals surface area contributed by atoms with E-state index in [0.29, 0.717) is 17.4 Å². The first-order valence-electron chi connectivity index (χ1n) is 7.73. The molecule has 0 aromatic rings. The van der Waals surface area contributed by atoms with Gasteiger partial charge in [-0.05, 0) is 18.4 Å². The highest BCUT2D eigenvalue weighted by molar-refractivity contribution is 5.14. The molecular formula is C16H30N2O. The molecule has 0 bridgehead atoms. The number of rotatable bonds is 4. The molecule has 2 aliphatic heterocycles. The van der Waals surface area contributed by atoms with Gasteiger partial charge < -0.3 is 10.1 Å². The fourth-order valence-corrected chi connectivity index (χ4v) is 3.16. The molecule has 0 radical (unpaired) electrons. The molecule has 0 aliphatic carbocycles. The minimum atomic E-state index is 0.342. The van der Waals surface area contributed by atoms with Crippen molar-refractivity contribution in [3.63, 3.8) is 0 Å². The Bertz CT molecular complexity index is 319. The summed E-state index contributed by atoms with van der Waals surface area (Å²) >= 11 is 0. The van der Waals surface area contributed by atoms with E-state index in [1.807, 2.05) is 0 Å². The monoisotopic (exact) mass is 266 g/mol. The summed E-state index contributed by atoms with van der Waals surface area (Å²) in [6.07, 6.45) is 3.67. The molecule has 3 heteroatoms. The highest BCUT2D eigenvalue weighted by atomic mass is 16.5. The van der Waals surface area contributed by atoms with Gasteiger partial charge in [0.1, 0.15) is 0 Å². The van der Waals surface area contributed by atoms with Gasteiger partial charge in [-0.1, -0.05) is 39.3 Å². The molecule has 0 aromatic carbocycles. The van der Waals surface area contributed by atoms with Gasteiger partial charge in [0.15, 0.2) is 0 Å². The van der Waals surface area contributed by atoms with Crippen molar-refractivity contribution in [1.29, 1.82) is 0 Å². The first kappa shape index (κ1) is 15.0. The lowest BCUT2D eigenvalue weighted by atomic mass is 9.83. The zero-order valence-electron chi connectivity index (χ0n) is 13.0. The molecule has 2 heterocycles. The van der Waals surface area contributed by atoms with Crippen molar-refractivity contribution in [3.8, 4) is 0 Å². The van der Waals surface area contributed by atoms with Crippen LogP contribution in [0.1, 0.15) is 34.1 Å². The molecule has 2 atom stereocenters. The molecule has 2 aliphatic rings. The van der Waals surface area contributed by atoms with Crippen LogP contribution < -0.4 is 5.32 Å². The Labute approximate surface area is 118 Å². The van der Waals surface area contributed by atoms with Crippen LogP contribution in [-0.2, 0) is 4.74 Å². The van der Waals surface area contributed by atoms with Crippen LogP contribution in [0.5, 0.6) is 0 Å². The number of nitrogens with zero attached hydrogens (tertiary/aromatic N) is 1. The Kier molecular flexibility index (Phi) is 5.04. The highest BCUT2D eigenvalue weighted by Crippen LogP contribution is 2.30. The second-order valence-electron chi connectivity index (χ2n) is 6.95. The highest BCUT2D eigenvalue weighted by Gasteiger charge is 2.30. The molecule has 0 amide bonds. The third-order valence-corrected chi connectivity index (χ3v) is 4.41. The molecule has 0 saturated carbocycles. The molecule has 110 valence electrons. The van der Waals surface area contributed by atoms with Gasteiger partial charge in [0.05, 0.1) is 13.2 Å². The minimum absolute atomic E-state index is 0.342. The molecule has 0 aromatic heterocycles. The maximum Gasteiger partial charge on any atom is 0.0623 e. The average molecular weight is 266 g/mol. The average Bonchev–Trinajstić information content (AvgIpc) is 2.77. The molecule has 0 spiro atoms. The molecular weight excluding hydrogens is 236 g/mol. The smallest absolute Gasteiger partial charge is 0.0623 e. The van der Waals surface area contributed by atoms with Crippen LogP contribution in [0.25, 0.3) is 0 Å². The fraction of sp³-hybridized carbons (Fsp3) is 0.875. The number of hydrogen-bond acceptors (Lipinski definition) is 3. The number of likely N-dealkylation sites (N-methyl/N-ethyl adjacent to an activating group) is 1. The van der Waals surface area contributed by atoms with Crippen molar-refractivity contribution in [2.75, 3.05) is 39.4 Å². The van der Waals surface area contributed by atoms with E-state index in [1.54, 1.807) is 5.57 Å². The van der Waals surface area contributed by atoms with Crippen molar-refractivity contribution in [2.45, 2.75) is 40.2 Å². The zero-order chi connectivity index (χ0) is 13.9. The first-order valence-corrected chi connectivity index (χ1v) is 7.73. The Morgan fingerprint density at radius 2 is 2.16 bits per heavy atom. The van der Waals surface area contributed by atoms with Gasteiger partial charge in [-0.2, -0.15) is 0 Å². The summed E-state index contributed by atoms with van der Waals surface area (Å²) in [6, 6.07) is 0.554. The summed E-state index contributed by atoms with van der Waals surface area (Å²) in [7, 11) is 0. The predicted molar refractivity (Wildman–Crippen MR) is 80.4 cm³/mol. The molecule has 3 nitrogen and oxygen atoms in total. The van der Waals surface area contributed by atoms with Gasteiger partial charge in [0, 0.05) is 31.6 Å². The van der Waals surface area contributed by atoms with Crippen molar-refractivity contribution < 1.29 is 4.74 Å². The summed E-state index contributed by atoms with van der Waals surface area (Å²) in [5.41, 5.74) is 1.96. The van der Waals surface area contributed by atoms with E-state index in [0.717, 1.165) is 26.3 Å². The van der Waals surface area contributed by atoms with E-state index in [2.05, 4.69) is 44.0 Å². The molecule has 19 heavy (non-hydrogen) atoms. The largest absolute Gasteiger partial charge is 0.379 e. The maximum atomic E-state index is 5.63. The minimum Gasteiger partial charge on any atom is -0.379 e. The Morgan fingerprint density at radius 1 is 1.37 bits per heavy atom. The molecule has 2 rings (SSSR count). The van der Waals surface area contributed by atoms with Gasteiger partial charge in [0.2, 0.25) is 0 Å². The standard InChI is InChI=1S/C16H30N2O/c1-5-17-15-12-19-11-13(15)10-18-8-6-14(7-9-18)16(2,3)4/h6,13,15,17H,5,7-12H2,1-4H3. The van der Waals surface area contributed by atoms with Crippen molar-refractivity contribution in [3.05, 3.63) is 11.6 Å². The topological polar surface area (TPSA) is 24.5 Å². The van der Waals surface area contributed by atoms with Crippen molar-refractivity contribution in [2.24, 2.45) is 11.3 Å². The van der Waals surface area contributed by atoms with E-state index in [1.165, 1.54) is 19.5 Å². The van der Waals surface area contributed by atoms with Gasteiger partial charge in [0.25, 0.3) is 0 Å². The van der Waals surface area contributed by atoms with Gasteiger partial charge in [-0.15, -0.1) is 0 Å². The van der Waals surface area contributed by atoms with Gasteiger partial charge >= 0.3 is 0 Å². The number of ether oxygens (including phenoxy) is 1. The van der Waals surface area contributed by atoms with E-state index in [9.17, 15) is 0 Å². The molecule has 1 saturated heterocycles. The fourth-order valence-electron chi connectivity index (χ4n) is 3.16. The maximum absolute atomic E-state index is 5.63. The van der Waals surface area contributed by atoms with Crippen molar-refractivity contribution in [1.82, 2.24) is 10.2 Å². The van der Waals surface area contributed by atoms with Crippen LogP contribution in [0, 0.1) is 11.3 Å². The van der Waals surface area contributed by atoms with Crippen LogP contribution in [0.15, 0.2) is 11.6 Å². The Morgan fingerprint density at radius 3 is 2.74 bits per heavy atom. The van der Waals surface area contributed by atoms with Gasteiger partial charge in [-0.25, -0.2) is 0 Å². The number of hydrogen-bond donors (Lipinski definition) is 1. The SMILES string of the molecule is CCNC1COCC1CN1CC=C(C(C)(C)C)CC1. The van der Waals surface area contributed by atoms with E-state index in [4.69, 9.17) is 4.74 Å². The predicted octanol–water partition coefficient (Wildman–Crippen LogP) is 2.29. The van der Waals surface area contributed by atoms with Crippen LogP contribution in [0.3, 0.4) is 0 Å². The normalized spacial score (nSPS) is 29.6. The molecule has 2 unspecified atom stereocenters. The zero-order valence-corrected chi connectivity index (χ0v) is 13.0. The summed E-state index contributed by atoms with van der Waals surface area (Å²) < 4.78 is 5.63. The summed E-state index contributed by atoms with van der Waals surface area (Å²) in [5.74, 6) is 0.657. The van der Waals surface area contributed by atoms with E-state index >= 15 is 0 Å². The first-order chi connectivity index (χ1) is 9.00. The Hall–Kier alpha value is -0.380. The summed E-state index contributed by atoms with van der Waals surface area (Å²) in [6.45, 7) is 15.5. The third-order valence-electron chi connectivity index (χ3n) is 4.41. The second kappa shape index (κ2) is 6.38. The quantitative estimate of drug-likeness (QED) is 0.790. The third kappa shape index (κ3) is 4.04. The summed E-state index contributed by atoms with van der Waals surface area (Å²) in [4.78, 5) is 2.58.